The van der Waals surface area contributed by atoms with Gasteiger partial charge in [-0.05, 0) is 93.7 Å². The van der Waals surface area contributed by atoms with Crippen molar-refractivity contribution in [3.05, 3.63) is 101 Å². The molecule has 0 unspecified atom stereocenters. The Morgan fingerprint density at radius 3 is 2.67 bits per heavy atom. The lowest BCUT2D eigenvalue weighted by molar-refractivity contribution is 0.371. The molecule has 0 saturated carbocycles. The van der Waals surface area contributed by atoms with Gasteiger partial charge in [0.25, 0.3) is 0 Å². The van der Waals surface area contributed by atoms with Crippen LogP contribution in [0.3, 0.4) is 0 Å². The first kappa shape index (κ1) is 26.8. The van der Waals surface area contributed by atoms with Gasteiger partial charge in [-0.1, -0.05) is 31.4 Å². The van der Waals surface area contributed by atoms with Crippen LogP contribution in [0.2, 0.25) is 0 Å². The van der Waals surface area contributed by atoms with Gasteiger partial charge in [-0.2, -0.15) is 5.10 Å². The molecule has 5 rings (SSSR count). The van der Waals surface area contributed by atoms with Crippen molar-refractivity contribution in [2.45, 2.75) is 33.6 Å². The predicted molar refractivity (Wildman–Crippen MR) is 163 cm³/mol. The van der Waals surface area contributed by atoms with Crippen molar-refractivity contribution >= 4 is 39.3 Å². The number of benzene rings is 1. The Kier molecular flexibility index (Phi) is 7.91. The zero-order valence-corrected chi connectivity index (χ0v) is 23.6. The number of halogens is 1. The average Bonchev–Trinajstić information content (AvgIpc) is 3.70. The van der Waals surface area contributed by atoms with E-state index in [-0.39, 0.29) is 5.82 Å². The molecule has 1 aliphatic rings. The van der Waals surface area contributed by atoms with E-state index in [1.54, 1.807) is 23.6 Å². The van der Waals surface area contributed by atoms with E-state index in [4.69, 9.17) is 0 Å². The molecule has 1 aromatic carbocycles. The molecule has 1 fully saturated rings. The third-order valence-electron chi connectivity index (χ3n) is 7.26. The minimum Gasteiger partial charge on any atom is -0.339 e. The van der Waals surface area contributed by atoms with Gasteiger partial charge in [0, 0.05) is 33.6 Å². The molecule has 2 N–H and O–H groups in total. The minimum atomic E-state index is -0.333. The van der Waals surface area contributed by atoms with E-state index in [0.29, 0.717) is 33.7 Å². The molecule has 0 aliphatic carbocycles. The number of fused-ring (bicyclic) bond motifs is 1. The van der Waals surface area contributed by atoms with Gasteiger partial charge in [0.2, 0.25) is 0 Å². The zero-order chi connectivity index (χ0) is 27.5. The number of likely N-dealkylation sites (tertiary alicyclic amines) is 1. The van der Waals surface area contributed by atoms with Gasteiger partial charge in [0.05, 0.1) is 16.6 Å². The number of pyridine rings is 1. The van der Waals surface area contributed by atoms with Gasteiger partial charge in [0.1, 0.15) is 17.3 Å². The molecule has 5 nitrogen and oxygen atoms in total. The fraction of sp³-hybridized carbons (Fsp3) is 0.250. The van der Waals surface area contributed by atoms with Crippen LogP contribution in [-0.2, 0) is 0 Å². The summed E-state index contributed by atoms with van der Waals surface area (Å²) in [5.74, 6) is 0.339. The Labute approximate surface area is 233 Å². The molecule has 0 bridgehead atoms. The van der Waals surface area contributed by atoms with Crippen molar-refractivity contribution in [3.8, 4) is 10.4 Å². The SMILES string of the molecule is C=C/C(=C\C(=C/C)c1ccc2[nH]nc(C(=C)Nc3nccc(-c4ccc(C)s4)c3C)c2c1F)CN1CCCC1. The molecule has 3 aromatic heterocycles. The van der Waals surface area contributed by atoms with E-state index in [0.717, 1.165) is 41.9 Å². The molecule has 1 saturated heterocycles. The minimum absolute atomic E-state index is 0.333. The van der Waals surface area contributed by atoms with E-state index in [1.807, 2.05) is 44.2 Å². The zero-order valence-electron chi connectivity index (χ0n) is 22.8. The Hall–Kier alpha value is -3.81. The molecular weight excluding hydrogens is 505 g/mol. The summed E-state index contributed by atoms with van der Waals surface area (Å²) >= 11 is 1.74. The first-order valence-electron chi connectivity index (χ1n) is 13.3. The highest BCUT2D eigenvalue weighted by Crippen LogP contribution is 2.35. The van der Waals surface area contributed by atoms with E-state index in [9.17, 15) is 0 Å². The van der Waals surface area contributed by atoms with E-state index < -0.39 is 0 Å². The van der Waals surface area contributed by atoms with E-state index in [2.05, 4.69) is 57.6 Å². The smallest absolute Gasteiger partial charge is 0.142 e. The lowest BCUT2D eigenvalue weighted by Gasteiger charge is -2.16. The summed E-state index contributed by atoms with van der Waals surface area (Å²) in [6.07, 6.45) is 10.1. The number of rotatable bonds is 9. The molecule has 4 aromatic rings. The molecule has 200 valence electrons. The van der Waals surface area contributed by atoms with Gasteiger partial charge in [-0.3, -0.25) is 10.00 Å². The van der Waals surface area contributed by atoms with Gasteiger partial charge < -0.3 is 5.32 Å². The van der Waals surface area contributed by atoms with Crippen molar-refractivity contribution in [2.24, 2.45) is 0 Å². The molecule has 0 amide bonds. The molecular formula is C32H34FN5S. The van der Waals surface area contributed by atoms with Crippen LogP contribution in [0.4, 0.5) is 10.2 Å². The second kappa shape index (κ2) is 11.5. The summed E-state index contributed by atoms with van der Waals surface area (Å²) in [5, 5.41) is 11.1. The summed E-state index contributed by atoms with van der Waals surface area (Å²) < 4.78 is 16.2. The van der Waals surface area contributed by atoms with Crippen molar-refractivity contribution in [1.82, 2.24) is 20.1 Å². The molecule has 39 heavy (non-hydrogen) atoms. The maximum absolute atomic E-state index is 16.2. The average molecular weight is 540 g/mol. The van der Waals surface area contributed by atoms with Crippen molar-refractivity contribution < 1.29 is 4.39 Å². The summed E-state index contributed by atoms with van der Waals surface area (Å²) in [6, 6.07) is 9.91. The topological polar surface area (TPSA) is 56.8 Å². The van der Waals surface area contributed by atoms with Crippen LogP contribution < -0.4 is 5.32 Å². The number of H-pyrrole nitrogens is 1. The Morgan fingerprint density at radius 2 is 1.97 bits per heavy atom. The lowest BCUT2D eigenvalue weighted by atomic mass is 9.99. The number of nitrogens with zero attached hydrogens (tertiary/aromatic N) is 3. The third-order valence-corrected chi connectivity index (χ3v) is 8.30. The van der Waals surface area contributed by atoms with Crippen LogP contribution in [0.25, 0.3) is 32.6 Å². The summed E-state index contributed by atoms with van der Waals surface area (Å²) in [6.45, 7) is 17.3. The van der Waals surface area contributed by atoms with Crippen molar-refractivity contribution in [1.29, 1.82) is 0 Å². The highest BCUT2D eigenvalue weighted by atomic mass is 32.1. The summed E-state index contributed by atoms with van der Waals surface area (Å²) in [4.78, 5) is 9.38. The Balaban J connectivity index is 1.46. The highest BCUT2D eigenvalue weighted by molar-refractivity contribution is 7.15. The van der Waals surface area contributed by atoms with Crippen LogP contribution in [0.5, 0.6) is 0 Å². The number of aryl methyl sites for hydroxylation is 1. The van der Waals surface area contributed by atoms with Gasteiger partial charge >= 0.3 is 0 Å². The number of allylic oxidation sites excluding steroid dienone is 3. The first-order chi connectivity index (χ1) is 18.9. The second-order valence-corrected chi connectivity index (χ2v) is 11.2. The molecule has 0 atom stereocenters. The fourth-order valence-corrected chi connectivity index (χ4v) is 6.06. The van der Waals surface area contributed by atoms with Crippen LogP contribution >= 0.6 is 11.3 Å². The number of hydrogen-bond acceptors (Lipinski definition) is 5. The van der Waals surface area contributed by atoms with Crippen LogP contribution in [0, 0.1) is 19.7 Å². The highest BCUT2D eigenvalue weighted by Gasteiger charge is 2.20. The third kappa shape index (κ3) is 5.51. The molecule has 0 radical (unpaired) electrons. The normalized spacial score (nSPS) is 14.8. The molecule has 4 heterocycles. The van der Waals surface area contributed by atoms with Crippen molar-refractivity contribution in [2.75, 3.05) is 25.0 Å². The number of aromatic nitrogens is 3. The Morgan fingerprint density at radius 1 is 1.18 bits per heavy atom. The van der Waals surface area contributed by atoms with E-state index in [1.165, 1.54) is 22.6 Å². The van der Waals surface area contributed by atoms with E-state index >= 15 is 4.39 Å². The van der Waals surface area contributed by atoms with Crippen LogP contribution in [0.1, 0.15) is 41.5 Å². The van der Waals surface area contributed by atoms with Gasteiger partial charge in [-0.15, -0.1) is 11.3 Å². The number of nitrogens with one attached hydrogen (secondary N) is 2. The maximum atomic E-state index is 16.2. The molecule has 0 spiro atoms. The van der Waals surface area contributed by atoms with Crippen LogP contribution in [-0.4, -0.2) is 39.7 Å². The quantitative estimate of drug-likeness (QED) is 0.211. The molecule has 1 aliphatic heterocycles. The number of aromatic amines is 1. The number of thiophene rings is 1. The lowest BCUT2D eigenvalue weighted by Crippen LogP contribution is -2.21. The maximum Gasteiger partial charge on any atom is 0.142 e. The molecule has 7 heteroatoms. The fourth-order valence-electron chi connectivity index (χ4n) is 5.11. The predicted octanol–water partition coefficient (Wildman–Crippen LogP) is 8.14. The Bertz CT molecular complexity index is 1600. The van der Waals surface area contributed by atoms with Gasteiger partial charge in [0.15, 0.2) is 0 Å². The number of hydrogen-bond donors (Lipinski definition) is 2. The monoisotopic (exact) mass is 539 g/mol. The first-order valence-corrected chi connectivity index (χ1v) is 14.1. The largest absolute Gasteiger partial charge is 0.339 e. The number of anilines is 1. The van der Waals surface area contributed by atoms with Crippen molar-refractivity contribution in [3.63, 3.8) is 0 Å². The standard InChI is InChI=1S/C32H34FN5S/c1-6-23(19-38-16-8-9-17-38)18-24(7-2)26-11-12-27-29(30(26)33)31(37-36-27)22(5)35-32-21(4)25(14-15-34-32)28-13-10-20(3)39-28/h6-7,10-15,18H,1,5,8-9,16-17,19H2,2-4H3,(H,34,35)(H,36,37)/b23-18+,24-7+. The van der Waals surface area contributed by atoms with Crippen LogP contribution in [0.15, 0.2) is 73.5 Å². The summed E-state index contributed by atoms with van der Waals surface area (Å²) in [7, 11) is 0. The van der Waals surface area contributed by atoms with Gasteiger partial charge in [-0.25, -0.2) is 9.37 Å². The second-order valence-electron chi connectivity index (χ2n) is 9.92. The summed E-state index contributed by atoms with van der Waals surface area (Å²) in [5.41, 5.74) is 6.03.